The Kier molecular flexibility index (Phi) is 5.51. The van der Waals surface area contributed by atoms with Gasteiger partial charge in [-0.25, -0.2) is 4.98 Å². The number of nitrogens with zero attached hydrogens (tertiary/aromatic N) is 1. The Hall–Kier alpha value is -2.14. The Morgan fingerprint density at radius 3 is 2.76 bits per heavy atom. The van der Waals surface area contributed by atoms with Gasteiger partial charge < -0.3 is 10.6 Å². The third-order valence-corrected chi connectivity index (χ3v) is 3.56. The van der Waals surface area contributed by atoms with Crippen molar-refractivity contribution in [3.05, 3.63) is 65.3 Å². The molecular weight excluding hydrogens is 330 g/mol. The predicted octanol–water partition coefficient (Wildman–Crippen LogP) is 3.62. The van der Waals surface area contributed by atoms with Crippen molar-refractivity contribution < 1.29 is 4.79 Å². The molecule has 0 fully saturated rings. The van der Waals surface area contributed by atoms with Crippen molar-refractivity contribution in [2.45, 2.75) is 6.42 Å². The van der Waals surface area contributed by atoms with Gasteiger partial charge in [-0.1, -0.05) is 40.2 Å². The van der Waals surface area contributed by atoms with Gasteiger partial charge in [-0.05, 0) is 23.8 Å². The van der Waals surface area contributed by atoms with Gasteiger partial charge in [-0.2, -0.15) is 0 Å². The van der Waals surface area contributed by atoms with E-state index in [9.17, 15) is 4.79 Å². The number of anilines is 2. The fourth-order valence-electron chi connectivity index (χ4n) is 1.76. The van der Waals surface area contributed by atoms with Crippen molar-refractivity contribution in [3.63, 3.8) is 0 Å². The van der Waals surface area contributed by atoms with Crippen LogP contribution in [0.4, 0.5) is 11.5 Å². The molecule has 1 aromatic carbocycles. The van der Waals surface area contributed by atoms with Gasteiger partial charge >= 0.3 is 0 Å². The highest BCUT2D eigenvalue weighted by Gasteiger charge is 2.07. The van der Waals surface area contributed by atoms with E-state index in [1.165, 1.54) is 0 Å². The summed E-state index contributed by atoms with van der Waals surface area (Å²) in [6, 6.07) is 11.3. The lowest BCUT2D eigenvalue weighted by Crippen LogP contribution is -2.15. The molecule has 0 aliphatic rings. The number of nitrogens with one attached hydrogen (secondary N) is 2. The molecule has 0 bridgehead atoms. The van der Waals surface area contributed by atoms with Crippen LogP contribution in [0.15, 0.2) is 59.7 Å². The van der Waals surface area contributed by atoms with E-state index in [-0.39, 0.29) is 5.91 Å². The van der Waals surface area contributed by atoms with E-state index < -0.39 is 0 Å². The first-order valence-electron chi connectivity index (χ1n) is 6.53. The Bertz CT molecular complexity index is 626. The fourth-order valence-corrected chi connectivity index (χ4v) is 2.19. The highest BCUT2D eigenvalue weighted by Crippen LogP contribution is 2.17. The number of carbonyl (C=O) groups excluding carboxylic acids is 1. The van der Waals surface area contributed by atoms with E-state index in [1.807, 2.05) is 30.3 Å². The van der Waals surface area contributed by atoms with Gasteiger partial charge in [0.2, 0.25) is 5.91 Å². The second-order valence-electron chi connectivity index (χ2n) is 4.42. The topological polar surface area (TPSA) is 54.0 Å². The molecule has 1 aromatic heterocycles. The zero-order valence-electron chi connectivity index (χ0n) is 11.5. The van der Waals surface area contributed by atoms with Crippen LogP contribution in [0.1, 0.15) is 5.56 Å². The van der Waals surface area contributed by atoms with E-state index in [4.69, 9.17) is 0 Å². The maximum absolute atomic E-state index is 12.0. The Morgan fingerprint density at radius 2 is 2.10 bits per heavy atom. The average Bonchev–Trinajstić information content (AvgIpc) is 2.49. The van der Waals surface area contributed by atoms with E-state index in [0.717, 1.165) is 15.7 Å². The number of rotatable bonds is 6. The molecule has 0 aliphatic carbocycles. The van der Waals surface area contributed by atoms with E-state index >= 15 is 0 Å². The molecule has 108 valence electrons. The smallest absolute Gasteiger partial charge is 0.229 e. The van der Waals surface area contributed by atoms with Gasteiger partial charge in [0.1, 0.15) is 5.82 Å². The van der Waals surface area contributed by atoms with Gasteiger partial charge in [0, 0.05) is 11.0 Å². The number of pyridine rings is 1. The summed E-state index contributed by atoms with van der Waals surface area (Å²) >= 11 is 3.43. The fraction of sp³-hybridized carbons (Fsp3) is 0.125. The minimum atomic E-state index is -0.0961. The van der Waals surface area contributed by atoms with Crippen LogP contribution in [0.5, 0.6) is 0 Å². The van der Waals surface area contributed by atoms with Crippen LogP contribution in [0, 0.1) is 0 Å². The SMILES string of the molecule is C=CCNc1ccc(NC(=O)Cc2ccccc2Br)nc1. The number of hydrogen-bond donors (Lipinski definition) is 2. The summed E-state index contributed by atoms with van der Waals surface area (Å²) in [5.74, 6) is 0.442. The molecule has 0 spiro atoms. The minimum Gasteiger partial charge on any atom is -0.380 e. The molecule has 2 N–H and O–H groups in total. The van der Waals surface area contributed by atoms with Crippen molar-refractivity contribution in [1.82, 2.24) is 4.98 Å². The first-order valence-corrected chi connectivity index (χ1v) is 7.32. The first kappa shape index (κ1) is 15.3. The summed E-state index contributed by atoms with van der Waals surface area (Å²) < 4.78 is 0.928. The normalized spacial score (nSPS) is 9.95. The molecule has 0 radical (unpaired) electrons. The number of carbonyl (C=O) groups is 1. The van der Waals surface area contributed by atoms with E-state index in [0.29, 0.717) is 18.8 Å². The lowest BCUT2D eigenvalue weighted by molar-refractivity contribution is -0.115. The molecule has 4 nitrogen and oxygen atoms in total. The van der Waals surface area contributed by atoms with Gasteiger partial charge in [0.05, 0.1) is 18.3 Å². The van der Waals surface area contributed by atoms with Crippen molar-refractivity contribution >= 4 is 33.3 Å². The lowest BCUT2D eigenvalue weighted by atomic mass is 10.1. The van der Waals surface area contributed by atoms with Crippen molar-refractivity contribution in [3.8, 4) is 0 Å². The molecule has 1 heterocycles. The predicted molar refractivity (Wildman–Crippen MR) is 89.4 cm³/mol. The van der Waals surface area contributed by atoms with E-state index in [2.05, 4.69) is 38.1 Å². The van der Waals surface area contributed by atoms with E-state index in [1.54, 1.807) is 18.3 Å². The largest absolute Gasteiger partial charge is 0.380 e. The summed E-state index contributed by atoms with van der Waals surface area (Å²) in [6.45, 7) is 4.31. The second-order valence-corrected chi connectivity index (χ2v) is 5.27. The number of benzene rings is 1. The molecule has 21 heavy (non-hydrogen) atoms. The van der Waals surface area contributed by atoms with Crippen LogP contribution < -0.4 is 10.6 Å². The Morgan fingerprint density at radius 1 is 1.29 bits per heavy atom. The monoisotopic (exact) mass is 345 g/mol. The third-order valence-electron chi connectivity index (χ3n) is 2.79. The van der Waals surface area contributed by atoms with Crippen molar-refractivity contribution in [1.29, 1.82) is 0 Å². The maximum atomic E-state index is 12.0. The summed E-state index contributed by atoms with van der Waals surface area (Å²) in [4.78, 5) is 16.2. The van der Waals surface area contributed by atoms with Crippen LogP contribution >= 0.6 is 15.9 Å². The molecule has 0 saturated heterocycles. The molecule has 5 heteroatoms. The quantitative estimate of drug-likeness (QED) is 0.786. The van der Waals surface area contributed by atoms with Crippen LogP contribution in [0.3, 0.4) is 0 Å². The molecule has 0 aliphatic heterocycles. The van der Waals surface area contributed by atoms with Crippen molar-refractivity contribution in [2.75, 3.05) is 17.2 Å². The molecule has 0 unspecified atom stereocenters. The summed E-state index contributed by atoms with van der Waals surface area (Å²) in [5, 5.41) is 5.90. The number of amides is 1. The van der Waals surface area contributed by atoms with Crippen LogP contribution in [-0.2, 0) is 11.2 Å². The molecule has 1 amide bonds. The van der Waals surface area contributed by atoms with Gasteiger partial charge in [-0.3, -0.25) is 4.79 Å². The average molecular weight is 346 g/mol. The first-order chi connectivity index (χ1) is 10.2. The summed E-state index contributed by atoms with van der Waals surface area (Å²) in [5.41, 5.74) is 1.83. The lowest BCUT2D eigenvalue weighted by Gasteiger charge is -2.07. The Balaban J connectivity index is 1.93. The maximum Gasteiger partial charge on any atom is 0.229 e. The zero-order valence-corrected chi connectivity index (χ0v) is 13.1. The highest BCUT2D eigenvalue weighted by atomic mass is 79.9. The number of halogens is 1. The van der Waals surface area contributed by atoms with Crippen molar-refractivity contribution in [2.24, 2.45) is 0 Å². The summed E-state index contributed by atoms with van der Waals surface area (Å²) in [6.07, 6.45) is 3.75. The molecule has 2 aromatic rings. The molecular formula is C16H16BrN3O. The molecule has 0 atom stereocenters. The Labute approximate surface area is 132 Å². The van der Waals surface area contributed by atoms with Crippen LogP contribution in [0.2, 0.25) is 0 Å². The number of aromatic nitrogens is 1. The molecule has 0 saturated carbocycles. The second kappa shape index (κ2) is 7.59. The molecule has 2 rings (SSSR count). The van der Waals surface area contributed by atoms with Gasteiger partial charge in [-0.15, -0.1) is 6.58 Å². The zero-order chi connectivity index (χ0) is 15.1. The summed E-state index contributed by atoms with van der Waals surface area (Å²) in [7, 11) is 0. The number of hydrogen-bond acceptors (Lipinski definition) is 3. The van der Waals surface area contributed by atoms with Gasteiger partial charge in [0.15, 0.2) is 0 Å². The van der Waals surface area contributed by atoms with Crippen LogP contribution in [0.25, 0.3) is 0 Å². The third kappa shape index (κ3) is 4.72. The highest BCUT2D eigenvalue weighted by molar-refractivity contribution is 9.10. The van der Waals surface area contributed by atoms with Crippen LogP contribution in [-0.4, -0.2) is 17.4 Å². The van der Waals surface area contributed by atoms with Gasteiger partial charge in [0.25, 0.3) is 0 Å². The minimum absolute atomic E-state index is 0.0961. The standard InChI is InChI=1S/C16H16BrN3O/c1-2-9-18-13-7-8-15(19-11-13)20-16(21)10-12-5-3-4-6-14(12)17/h2-8,11,18H,1,9-10H2,(H,19,20,21).